The molecule has 0 aliphatic carbocycles. The summed E-state index contributed by atoms with van der Waals surface area (Å²) in [5.41, 5.74) is 6.17. The van der Waals surface area contributed by atoms with Crippen molar-refractivity contribution in [3.8, 4) is 0 Å². The van der Waals surface area contributed by atoms with Crippen LogP contribution in [-0.4, -0.2) is 38.7 Å². The summed E-state index contributed by atoms with van der Waals surface area (Å²) in [5.74, 6) is 0.162. The second-order valence-corrected chi connectivity index (χ2v) is 7.49. The van der Waals surface area contributed by atoms with E-state index in [2.05, 4.69) is 20.8 Å². The van der Waals surface area contributed by atoms with Crippen molar-refractivity contribution in [1.29, 1.82) is 0 Å². The van der Waals surface area contributed by atoms with Crippen LogP contribution in [0.4, 0.5) is 5.69 Å². The number of hydrogen-bond donors (Lipinski definition) is 1. The van der Waals surface area contributed by atoms with E-state index in [0.717, 1.165) is 13.1 Å². The van der Waals surface area contributed by atoms with Crippen LogP contribution in [0.3, 0.4) is 0 Å². The van der Waals surface area contributed by atoms with Crippen LogP contribution < -0.4 is 5.73 Å². The Balaban J connectivity index is 2.09. The van der Waals surface area contributed by atoms with Crippen LogP contribution in [0, 0.1) is 0 Å². The van der Waals surface area contributed by atoms with Crippen LogP contribution in [-0.2, 0) is 9.84 Å². The second-order valence-electron chi connectivity index (χ2n) is 4.56. The Morgan fingerprint density at radius 3 is 2.56 bits per heavy atom. The molecule has 0 aromatic heterocycles. The smallest absolute Gasteiger partial charge is 0.180 e. The maximum Gasteiger partial charge on any atom is 0.180 e. The Labute approximate surface area is 116 Å². The Morgan fingerprint density at radius 2 is 1.94 bits per heavy atom. The number of nitrogens with zero attached hydrogens (tertiary/aromatic N) is 1. The average Bonchev–Trinajstić information content (AvgIpc) is 2.78. The zero-order valence-corrected chi connectivity index (χ0v) is 12.5. The van der Waals surface area contributed by atoms with E-state index in [1.807, 2.05) is 0 Å². The predicted octanol–water partition coefficient (Wildman–Crippen LogP) is 1.90. The fourth-order valence-electron chi connectivity index (χ4n) is 2.13. The Bertz CT molecular complexity index is 525. The molecule has 1 aliphatic heterocycles. The Kier molecular flexibility index (Phi) is 4.29. The van der Waals surface area contributed by atoms with E-state index >= 15 is 0 Å². The van der Waals surface area contributed by atoms with Gasteiger partial charge in [0, 0.05) is 16.7 Å². The monoisotopic (exact) mass is 332 g/mol. The molecule has 1 aliphatic rings. The van der Waals surface area contributed by atoms with E-state index in [1.165, 1.54) is 12.8 Å². The van der Waals surface area contributed by atoms with E-state index in [4.69, 9.17) is 5.73 Å². The van der Waals surface area contributed by atoms with Crippen molar-refractivity contribution >= 4 is 31.5 Å². The molecule has 18 heavy (non-hydrogen) atoms. The van der Waals surface area contributed by atoms with Gasteiger partial charge in [-0.15, -0.1) is 0 Å². The molecule has 2 N–H and O–H groups in total. The first-order valence-corrected chi connectivity index (χ1v) is 8.44. The Morgan fingerprint density at radius 1 is 1.28 bits per heavy atom. The van der Waals surface area contributed by atoms with E-state index in [9.17, 15) is 8.42 Å². The van der Waals surface area contributed by atoms with Crippen LogP contribution in [0.2, 0.25) is 0 Å². The summed E-state index contributed by atoms with van der Waals surface area (Å²) in [7, 11) is -3.24. The van der Waals surface area contributed by atoms with E-state index in [-0.39, 0.29) is 5.75 Å². The first-order chi connectivity index (χ1) is 8.49. The molecule has 4 nitrogen and oxygen atoms in total. The molecular formula is C12H17BrN2O2S. The number of nitrogen functional groups attached to an aromatic ring is 1. The van der Waals surface area contributed by atoms with Crippen molar-refractivity contribution in [3.63, 3.8) is 0 Å². The minimum absolute atomic E-state index is 0.162. The van der Waals surface area contributed by atoms with Crippen LogP contribution in [0.5, 0.6) is 0 Å². The van der Waals surface area contributed by atoms with E-state index in [1.54, 1.807) is 18.2 Å². The van der Waals surface area contributed by atoms with Gasteiger partial charge in [-0.1, -0.05) is 0 Å². The highest BCUT2D eigenvalue weighted by molar-refractivity contribution is 9.10. The largest absolute Gasteiger partial charge is 0.399 e. The highest BCUT2D eigenvalue weighted by Gasteiger charge is 2.20. The van der Waals surface area contributed by atoms with Crippen LogP contribution in [0.15, 0.2) is 27.6 Å². The molecule has 1 aromatic rings. The summed E-state index contributed by atoms with van der Waals surface area (Å²) >= 11 is 3.26. The molecule has 0 radical (unpaired) electrons. The molecule has 100 valence electrons. The van der Waals surface area contributed by atoms with Crippen molar-refractivity contribution in [2.75, 3.05) is 31.1 Å². The minimum atomic E-state index is -3.24. The lowest BCUT2D eigenvalue weighted by Gasteiger charge is -2.15. The molecule has 0 bridgehead atoms. The topological polar surface area (TPSA) is 63.4 Å². The van der Waals surface area contributed by atoms with Gasteiger partial charge in [-0.05, 0) is 60.1 Å². The van der Waals surface area contributed by atoms with Gasteiger partial charge in [0.1, 0.15) is 0 Å². The van der Waals surface area contributed by atoms with Gasteiger partial charge in [-0.2, -0.15) is 0 Å². The summed E-state index contributed by atoms with van der Waals surface area (Å²) in [4.78, 5) is 2.53. The van der Waals surface area contributed by atoms with Crippen molar-refractivity contribution < 1.29 is 8.42 Å². The van der Waals surface area contributed by atoms with Gasteiger partial charge in [-0.25, -0.2) is 8.42 Å². The maximum atomic E-state index is 12.2. The first-order valence-electron chi connectivity index (χ1n) is 5.99. The van der Waals surface area contributed by atoms with Crippen molar-refractivity contribution in [2.24, 2.45) is 0 Å². The summed E-state index contributed by atoms with van der Waals surface area (Å²) in [6.45, 7) is 2.63. The zero-order valence-electron chi connectivity index (χ0n) is 10.1. The molecule has 1 saturated heterocycles. The third kappa shape index (κ3) is 3.24. The molecule has 1 heterocycles. The number of rotatable bonds is 4. The fraction of sp³-hybridized carbons (Fsp3) is 0.500. The predicted molar refractivity (Wildman–Crippen MR) is 76.3 cm³/mol. The van der Waals surface area contributed by atoms with Crippen LogP contribution in [0.25, 0.3) is 0 Å². The van der Waals surface area contributed by atoms with Crippen molar-refractivity contribution in [2.45, 2.75) is 17.7 Å². The molecule has 6 heteroatoms. The number of likely N-dealkylation sites (tertiary alicyclic amines) is 1. The number of sulfone groups is 1. The van der Waals surface area contributed by atoms with Gasteiger partial charge in [0.25, 0.3) is 0 Å². The molecule has 0 atom stereocenters. The maximum absolute atomic E-state index is 12.2. The molecule has 0 saturated carbocycles. The number of benzene rings is 1. The molecule has 0 unspecified atom stereocenters. The van der Waals surface area contributed by atoms with Gasteiger partial charge in [0.05, 0.1) is 10.6 Å². The molecule has 0 spiro atoms. The van der Waals surface area contributed by atoms with Gasteiger partial charge in [0.2, 0.25) is 0 Å². The highest BCUT2D eigenvalue weighted by Crippen LogP contribution is 2.25. The minimum Gasteiger partial charge on any atom is -0.399 e. The first kappa shape index (κ1) is 13.8. The lowest BCUT2D eigenvalue weighted by Crippen LogP contribution is -2.26. The quantitative estimate of drug-likeness (QED) is 0.855. The average molecular weight is 333 g/mol. The number of halogens is 1. The summed E-state index contributed by atoms with van der Waals surface area (Å²) < 4.78 is 25.0. The van der Waals surface area contributed by atoms with E-state index < -0.39 is 9.84 Å². The molecule has 2 rings (SSSR count). The van der Waals surface area contributed by atoms with Crippen LogP contribution in [0.1, 0.15) is 12.8 Å². The number of anilines is 1. The second kappa shape index (κ2) is 5.59. The Hall–Kier alpha value is -0.590. The van der Waals surface area contributed by atoms with Gasteiger partial charge >= 0.3 is 0 Å². The standard InChI is InChI=1S/C12H17BrN2O2S/c13-11-9-10(14)3-4-12(11)18(16,17)8-7-15-5-1-2-6-15/h3-4,9H,1-2,5-8,14H2. The molecule has 1 aromatic carbocycles. The highest BCUT2D eigenvalue weighted by atomic mass is 79.9. The normalized spacial score (nSPS) is 17.2. The van der Waals surface area contributed by atoms with E-state index in [0.29, 0.717) is 21.6 Å². The van der Waals surface area contributed by atoms with Gasteiger partial charge in [-0.3, -0.25) is 0 Å². The lowest BCUT2D eigenvalue weighted by atomic mass is 10.3. The third-order valence-electron chi connectivity index (χ3n) is 3.17. The summed E-state index contributed by atoms with van der Waals surface area (Å²) in [6.07, 6.45) is 2.34. The van der Waals surface area contributed by atoms with Crippen molar-refractivity contribution in [3.05, 3.63) is 22.7 Å². The van der Waals surface area contributed by atoms with Crippen molar-refractivity contribution in [1.82, 2.24) is 4.90 Å². The summed E-state index contributed by atoms with van der Waals surface area (Å²) in [5, 5.41) is 0. The molecular weight excluding hydrogens is 316 g/mol. The van der Waals surface area contributed by atoms with Crippen LogP contribution >= 0.6 is 15.9 Å². The number of nitrogens with two attached hydrogens (primary N) is 1. The third-order valence-corrected chi connectivity index (χ3v) is 5.83. The summed E-state index contributed by atoms with van der Waals surface area (Å²) in [6, 6.07) is 4.81. The van der Waals surface area contributed by atoms with Gasteiger partial charge in [0.15, 0.2) is 9.84 Å². The molecule has 0 amide bonds. The lowest BCUT2D eigenvalue weighted by molar-refractivity contribution is 0.359. The number of hydrogen-bond acceptors (Lipinski definition) is 4. The fourth-order valence-corrected chi connectivity index (χ4v) is 4.62. The zero-order chi connectivity index (χ0) is 13.2. The molecule has 1 fully saturated rings. The van der Waals surface area contributed by atoms with Gasteiger partial charge < -0.3 is 10.6 Å². The SMILES string of the molecule is Nc1ccc(S(=O)(=O)CCN2CCCC2)c(Br)c1.